The molecule has 21 heavy (non-hydrogen) atoms. The molecular weight excluding hydrogens is 286 g/mol. The minimum absolute atomic E-state index is 0.323. The number of hydrogen-bond acceptors (Lipinski definition) is 7. The molecule has 112 valence electrons. The summed E-state index contributed by atoms with van der Waals surface area (Å²) in [5, 5.41) is 4.65. The Labute approximate surface area is 127 Å². The maximum atomic E-state index is 5.89. The van der Waals surface area contributed by atoms with Crippen molar-refractivity contribution in [3.8, 4) is 0 Å². The van der Waals surface area contributed by atoms with E-state index in [1.165, 1.54) is 17.7 Å². The average molecular weight is 305 g/mol. The van der Waals surface area contributed by atoms with E-state index in [9.17, 15) is 0 Å². The molecular formula is C14H19N5OS. The van der Waals surface area contributed by atoms with E-state index in [1.807, 2.05) is 0 Å². The van der Waals surface area contributed by atoms with Crippen molar-refractivity contribution < 1.29 is 4.74 Å². The number of anilines is 2. The molecule has 2 unspecified atom stereocenters. The number of nitrogen functional groups attached to an aromatic ring is 1. The summed E-state index contributed by atoms with van der Waals surface area (Å²) in [6.45, 7) is 2.91. The molecule has 0 radical (unpaired) electrons. The van der Waals surface area contributed by atoms with Gasteiger partial charge >= 0.3 is 0 Å². The van der Waals surface area contributed by atoms with Crippen molar-refractivity contribution in [2.24, 2.45) is 11.8 Å². The number of fused-ring (bicyclic) bond motifs is 1. The Hall–Kier alpha value is -1.44. The summed E-state index contributed by atoms with van der Waals surface area (Å²) in [6, 6.07) is 2.46. The van der Waals surface area contributed by atoms with E-state index >= 15 is 0 Å². The van der Waals surface area contributed by atoms with Crippen molar-refractivity contribution in [2.75, 3.05) is 17.3 Å². The molecule has 0 amide bonds. The summed E-state index contributed by atoms with van der Waals surface area (Å²) in [6.07, 6.45) is 3.93. The third kappa shape index (κ3) is 2.45. The lowest BCUT2D eigenvalue weighted by Gasteiger charge is -2.20. The van der Waals surface area contributed by atoms with Gasteiger partial charge in [-0.25, -0.2) is 10.8 Å². The number of rotatable bonds is 4. The molecule has 2 fully saturated rings. The molecule has 2 atom stereocenters. The number of ether oxygens (including phenoxy) is 1. The van der Waals surface area contributed by atoms with Crippen molar-refractivity contribution in [1.82, 2.24) is 9.97 Å². The van der Waals surface area contributed by atoms with E-state index in [1.54, 1.807) is 11.3 Å². The predicted molar refractivity (Wildman–Crippen MR) is 84.5 cm³/mol. The summed E-state index contributed by atoms with van der Waals surface area (Å²) < 4.78 is 5.89. The molecule has 6 nitrogen and oxygen atoms in total. The molecule has 2 aromatic rings. The number of aromatic nitrogens is 2. The SMILES string of the molecule is Cc1cc2c(NC3CCOC3C3CC3)nc(NN)nc2s1. The van der Waals surface area contributed by atoms with Crippen molar-refractivity contribution in [3.05, 3.63) is 10.9 Å². The van der Waals surface area contributed by atoms with Crippen LogP contribution in [0.3, 0.4) is 0 Å². The standard InChI is InChI=1S/C14H19N5OS/c1-7-6-9-12(17-14(19-15)18-13(9)21-7)16-10-4-5-20-11(10)8-2-3-8/h6,8,10-11H,2-5,15H2,1H3,(H2,16,17,18,19). The summed E-state index contributed by atoms with van der Waals surface area (Å²) in [5.74, 6) is 7.52. The maximum absolute atomic E-state index is 5.89. The first kappa shape index (κ1) is 13.2. The molecule has 1 saturated carbocycles. The first-order valence-corrected chi connectivity index (χ1v) is 8.19. The molecule has 1 saturated heterocycles. The highest BCUT2D eigenvalue weighted by Crippen LogP contribution is 2.40. The summed E-state index contributed by atoms with van der Waals surface area (Å²) in [4.78, 5) is 11.1. The van der Waals surface area contributed by atoms with E-state index in [4.69, 9.17) is 10.6 Å². The van der Waals surface area contributed by atoms with E-state index < -0.39 is 0 Å². The van der Waals surface area contributed by atoms with E-state index in [0.717, 1.165) is 35.0 Å². The molecule has 0 spiro atoms. The lowest BCUT2D eigenvalue weighted by molar-refractivity contribution is 0.0898. The molecule has 4 N–H and O–H groups in total. The number of hydrogen-bond donors (Lipinski definition) is 3. The Bertz CT molecular complexity index is 669. The van der Waals surface area contributed by atoms with Crippen LogP contribution >= 0.6 is 11.3 Å². The van der Waals surface area contributed by atoms with Gasteiger partial charge in [0.2, 0.25) is 5.95 Å². The van der Waals surface area contributed by atoms with Crippen LogP contribution in [0.2, 0.25) is 0 Å². The lowest BCUT2D eigenvalue weighted by Crippen LogP contribution is -2.31. The highest BCUT2D eigenvalue weighted by Gasteiger charge is 2.40. The summed E-state index contributed by atoms with van der Waals surface area (Å²) in [7, 11) is 0. The summed E-state index contributed by atoms with van der Waals surface area (Å²) >= 11 is 1.66. The smallest absolute Gasteiger partial charge is 0.240 e. The topological polar surface area (TPSA) is 85.1 Å². The Morgan fingerprint density at radius 1 is 1.33 bits per heavy atom. The van der Waals surface area contributed by atoms with Crippen LogP contribution in [-0.2, 0) is 4.74 Å². The largest absolute Gasteiger partial charge is 0.376 e. The molecule has 3 heterocycles. The zero-order chi connectivity index (χ0) is 14.4. The number of thiophene rings is 1. The third-order valence-electron chi connectivity index (χ3n) is 4.19. The predicted octanol–water partition coefficient (Wildman–Crippen LogP) is 2.26. The quantitative estimate of drug-likeness (QED) is 0.593. The van der Waals surface area contributed by atoms with E-state index in [-0.39, 0.29) is 0 Å². The minimum Gasteiger partial charge on any atom is -0.376 e. The van der Waals surface area contributed by atoms with Gasteiger partial charge in [0, 0.05) is 11.5 Å². The number of aryl methyl sites for hydroxylation is 1. The van der Waals surface area contributed by atoms with Gasteiger partial charge in [-0.2, -0.15) is 4.98 Å². The molecule has 1 aliphatic carbocycles. The van der Waals surface area contributed by atoms with Crippen LogP contribution in [0.15, 0.2) is 6.07 Å². The number of nitrogens with two attached hydrogens (primary N) is 1. The number of nitrogens with one attached hydrogen (secondary N) is 2. The van der Waals surface area contributed by atoms with Gasteiger partial charge in [-0.05, 0) is 38.2 Å². The van der Waals surface area contributed by atoms with Crippen LogP contribution in [0.1, 0.15) is 24.1 Å². The lowest BCUT2D eigenvalue weighted by atomic mass is 10.1. The number of nitrogens with zero attached hydrogens (tertiary/aromatic N) is 2. The molecule has 2 aromatic heterocycles. The molecule has 0 bridgehead atoms. The molecule has 4 rings (SSSR count). The van der Waals surface area contributed by atoms with Gasteiger partial charge < -0.3 is 10.1 Å². The summed E-state index contributed by atoms with van der Waals surface area (Å²) in [5.41, 5.74) is 2.55. The van der Waals surface area contributed by atoms with Crippen molar-refractivity contribution >= 4 is 33.3 Å². The first-order valence-electron chi connectivity index (χ1n) is 7.37. The molecule has 1 aliphatic heterocycles. The fourth-order valence-electron chi connectivity index (χ4n) is 3.05. The second-order valence-electron chi connectivity index (χ2n) is 5.83. The zero-order valence-corrected chi connectivity index (χ0v) is 12.7. The highest BCUT2D eigenvalue weighted by molar-refractivity contribution is 7.18. The Balaban J connectivity index is 1.68. The zero-order valence-electron chi connectivity index (χ0n) is 11.9. The number of hydrazine groups is 1. The van der Waals surface area contributed by atoms with Crippen LogP contribution in [0, 0.1) is 12.8 Å². The van der Waals surface area contributed by atoms with Gasteiger partial charge in [-0.1, -0.05) is 0 Å². The third-order valence-corrected chi connectivity index (χ3v) is 5.13. The van der Waals surface area contributed by atoms with Gasteiger partial charge in [-0.15, -0.1) is 11.3 Å². The Morgan fingerprint density at radius 2 is 2.19 bits per heavy atom. The monoisotopic (exact) mass is 305 g/mol. The molecule has 2 aliphatic rings. The first-order chi connectivity index (χ1) is 10.2. The van der Waals surface area contributed by atoms with Crippen LogP contribution < -0.4 is 16.6 Å². The van der Waals surface area contributed by atoms with E-state index in [0.29, 0.717) is 18.1 Å². The van der Waals surface area contributed by atoms with Gasteiger partial charge in [-0.3, -0.25) is 5.43 Å². The minimum atomic E-state index is 0.323. The normalized spacial score (nSPS) is 25.4. The molecule has 0 aromatic carbocycles. The fraction of sp³-hybridized carbons (Fsp3) is 0.571. The van der Waals surface area contributed by atoms with Crippen molar-refractivity contribution in [1.29, 1.82) is 0 Å². The van der Waals surface area contributed by atoms with Crippen LogP contribution in [0.25, 0.3) is 10.2 Å². The highest BCUT2D eigenvalue weighted by atomic mass is 32.1. The van der Waals surface area contributed by atoms with Crippen LogP contribution in [0.4, 0.5) is 11.8 Å². The second-order valence-corrected chi connectivity index (χ2v) is 7.06. The Morgan fingerprint density at radius 3 is 2.95 bits per heavy atom. The van der Waals surface area contributed by atoms with E-state index in [2.05, 4.69) is 33.7 Å². The van der Waals surface area contributed by atoms with Crippen molar-refractivity contribution in [3.63, 3.8) is 0 Å². The Kier molecular flexibility index (Phi) is 3.20. The fourth-order valence-corrected chi connectivity index (χ4v) is 3.93. The van der Waals surface area contributed by atoms with Gasteiger partial charge in [0.1, 0.15) is 10.6 Å². The maximum Gasteiger partial charge on any atom is 0.240 e. The van der Waals surface area contributed by atoms with Gasteiger partial charge in [0.15, 0.2) is 0 Å². The van der Waals surface area contributed by atoms with Gasteiger partial charge in [0.25, 0.3) is 0 Å². The average Bonchev–Trinajstić information content (AvgIpc) is 3.09. The van der Waals surface area contributed by atoms with Crippen LogP contribution in [-0.4, -0.2) is 28.7 Å². The van der Waals surface area contributed by atoms with Gasteiger partial charge in [0.05, 0.1) is 17.5 Å². The van der Waals surface area contributed by atoms with Crippen LogP contribution in [0.5, 0.6) is 0 Å². The molecule has 7 heteroatoms. The second kappa shape index (κ2) is 5.08. The van der Waals surface area contributed by atoms with Crippen molar-refractivity contribution in [2.45, 2.75) is 38.3 Å².